The molecule has 1 aromatic carbocycles. The third-order valence-electron chi connectivity index (χ3n) is 3.10. The summed E-state index contributed by atoms with van der Waals surface area (Å²) in [6.07, 6.45) is 2.53. The number of ether oxygens (including phenoxy) is 1. The summed E-state index contributed by atoms with van der Waals surface area (Å²) in [4.78, 5) is 2.44. The second kappa shape index (κ2) is 2.80. The summed E-state index contributed by atoms with van der Waals surface area (Å²) in [5.41, 5.74) is 7.72. The molecule has 0 bridgehead atoms. The quantitative estimate of drug-likeness (QED) is 0.632. The molecule has 0 spiro atoms. The minimum Gasteiger partial charge on any atom is -0.489 e. The molecule has 0 amide bonds. The molecule has 0 unspecified atom stereocenters. The van der Waals surface area contributed by atoms with Crippen molar-refractivity contribution >= 4 is 11.4 Å². The molecular formula is C11H14N2O. The van der Waals surface area contributed by atoms with Crippen molar-refractivity contribution in [2.75, 3.05) is 23.8 Å². The van der Waals surface area contributed by atoms with E-state index < -0.39 is 0 Å². The Labute approximate surface area is 83.5 Å². The van der Waals surface area contributed by atoms with E-state index in [1.807, 2.05) is 12.1 Å². The summed E-state index contributed by atoms with van der Waals surface area (Å²) in [7, 11) is 0. The molecule has 3 rings (SSSR count). The summed E-state index contributed by atoms with van der Waals surface area (Å²) in [6.45, 7) is 1.97. The maximum absolute atomic E-state index is 5.72. The second-order valence-corrected chi connectivity index (χ2v) is 4.03. The lowest BCUT2D eigenvalue weighted by Gasteiger charge is -2.33. The Balaban J connectivity index is 2.05. The largest absolute Gasteiger partial charge is 0.489 e. The van der Waals surface area contributed by atoms with E-state index in [4.69, 9.17) is 10.5 Å². The number of benzene rings is 1. The number of anilines is 2. The van der Waals surface area contributed by atoms with Gasteiger partial charge < -0.3 is 15.4 Å². The van der Waals surface area contributed by atoms with Gasteiger partial charge in [-0.15, -0.1) is 0 Å². The van der Waals surface area contributed by atoms with Gasteiger partial charge >= 0.3 is 0 Å². The number of rotatable bonds is 0. The zero-order valence-corrected chi connectivity index (χ0v) is 8.07. The van der Waals surface area contributed by atoms with E-state index in [-0.39, 0.29) is 0 Å². The van der Waals surface area contributed by atoms with Crippen LogP contribution < -0.4 is 15.4 Å². The third kappa shape index (κ3) is 1.05. The summed E-state index contributed by atoms with van der Waals surface area (Å²) >= 11 is 0. The van der Waals surface area contributed by atoms with E-state index in [1.54, 1.807) is 0 Å². The highest BCUT2D eigenvalue weighted by Crippen LogP contribution is 2.38. The van der Waals surface area contributed by atoms with Crippen LogP contribution in [0.3, 0.4) is 0 Å². The van der Waals surface area contributed by atoms with Crippen molar-refractivity contribution < 1.29 is 4.74 Å². The Morgan fingerprint density at radius 2 is 2.36 bits per heavy atom. The van der Waals surface area contributed by atoms with Gasteiger partial charge in [0.2, 0.25) is 0 Å². The fourth-order valence-corrected chi connectivity index (χ4v) is 2.40. The van der Waals surface area contributed by atoms with Gasteiger partial charge in [-0.25, -0.2) is 0 Å². The van der Waals surface area contributed by atoms with Gasteiger partial charge in [-0.2, -0.15) is 0 Å². The molecule has 74 valence electrons. The van der Waals surface area contributed by atoms with Crippen LogP contribution in [0, 0.1) is 0 Å². The topological polar surface area (TPSA) is 38.5 Å². The van der Waals surface area contributed by atoms with Crippen molar-refractivity contribution in [3.05, 3.63) is 18.2 Å². The number of nitrogens with zero attached hydrogens (tertiary/aromatic N) is 1. The second-order valence-electron chi connectivity index (χ2n) is 4.03. The lowest BCUT2D eigenvalue weighted by atomic mass is 10.1. The molecule has 2 heterocycles. The number of hydrogen-bond donors (Lipinski definition) is 1. The predicted octanol–water partition coefficient (Wildman–Crippen LogP) is 1.63. The Bertz CT molecular complexity index is 364. The molecule has 2 N–H and O–H groups in total. The lowest BCUT2D eigenvalue weighted by molar-refractivity contribution is 0.272. The van der Waals surface area contributed by atoms with Crippen LogP contribution in [0.2, 0.25) is 0 Å². The van der Waals surface area contributed by atoms with Crippen molar-refractivity contribution in [3.63, 3.8) is 0 Å². The number of fused-ring (bicyclic) bond motifs is 3. The van der Waals surface area contributed by atoms with E-state index in [1.165, 1.54) is 18.5 Å². The zero-order chi connectivity index (χ0) is 9.54. The van der Waals surface area contributed by atoms with Crippen molar-refractivity contribution in [3.8, 4) is 5.75 Å². The van der Waals surface area contributed by atoms with Crippen molar-refractivity contribution in [2.24, 2.45) is 0 Å². The first-order chi connectivity index (χ1) is 6.84. The normalized spacial score (nSPS) is 24.0. The van der Waals surface area contributed by atoms with Gasteiger partial charge in [0.25, 0.3) is 0 Å². The van der Waals surface area contributed by atoms with Gasteiger partial charge in [0, 0.05) is 18.3 Å². The molecule has 0 aromatic heterocycles. The Morgan fingerprint density at radius 3 is 3.29 bits per heavy atom. The maximum Gasteiger partial charge on any atom is 0.144 e. The Morgan fingerprint density at radius 1 is 1.43 bits per heavy atom. The molecule has 0 saturated carbocycles. The van der Waals surface area contributed by atoms with E-state index >= 15 is 0 Å². The van der Waals surface area contributed by atoms with Gasteiger partial charge in [-0.1, -0.05) is 0 Å². The van der Waals surface area contributed by atoms with Crippen molar-refractivity contribution in [1.29, 1.82) is 0 Å². The highest BCUT2D eigenvalue weighted by Gasteiger charge is 2.31. The smallest absolute Gasteiger partial charge is 0.144 e. The molecule has 1 atom stereocenters. The lowest BCUT2D eigenvalue weighted by Crippen LogP contribution is -2.38. The van der Waals surface area contributed by atoms with E-state index in [9.17, 15) is 0 Å². The van der Waals surface area contributed by atoms with Crippen LogP contribution >= 0.6 is 0 Å². The average Bonchev–Trinajstić information content (AvgIpc) is 2.65. The van der Waals surface area contributed by atoms with Gasteiger partial charge in [-0.05, 0) is 25.0 Å². The number of nitrogens with two attached hydrogens (primary N) is 1. The molecule has 3 heteroatoms. The molecule has 0 radical (unpaired) electrons. The van der Waals surface area contributed by atoms with Crippen molar-refractivity contribution in [1.82, 2.24) is 0 Å². The molecule has 2 aliphatic heterocycles. The summed E-state index contributed by atoms with van der Waals surface area (Å²) in [5.74, 6) is 0.947. The minimum absolute atomic E-state index is 0.589. The predicted molar refractivity (Wildman–Crippen MR) is 56.7 cm³/mol. The van der Waals surface area contributed by atoms with Crippen molar-refractivity contribution in [2.45, 2.75) is 18.9 Å². The molecule has 1 saturated heterocycles. The number of nitrogen functional groups attached to an aromatic ring is 1. The maximum atomic E-state index is 5.72. The summed E-state index contributed by atoms with van der Waals surface area (Å²) in [5, 5.41) is 0. The Kier molecular flexibility index (Phi) is 1.60. The van der Waals surface area contributed by atoms with E-state index in [0.717, 1.165) is 24.6 Å². The molecule has 0 aliphatic carbocycles. The van der Waals surface area contributed by atoms with Gasteiger partial charge in [0.05, 0.1) is 11.7 Å². The molecule has 1 aromatic rings. The van der Waals surface area contributed by atoms with Crippen LogP contribution in [0.1, 0.15) is 12.8 Å². The van der Waals surface area contributed by atoms with Crippen LogP contribution in [0.5, 0.6) is 5.75 Å². The highest BCUT2D eigenvalue weighted by atomic mass is 16.5. The monoisotopic (exact) mass is 190 g/mol. The van der Waals surface area contributed by atoms with Crippen LogP contribution in [0.15, 0.2) is 18.2 Å². The molecular weight excluding hydrogens is 176 g/mol. The van der Waals surface area contributed by atoms with Gasteiger partial charge in [0.1, 0.15) is 12.4 Å². The molecule has 2 aliphatic rings. The first-order valence-electron chi connectivity index (χ1n) is 5.13. The third-order valence-corrected chi connectivity index (χ3v) is 3.10. The molecule has 1 fully saturated rings. The summed E-state index contributed by atoms with van der Waals surface area (Å²) < 4.78 is 5.70. The van der Waals surface area contributed by atoms with Gasteiger partial charge in [0.15, 0.2) is 0 Å². The minimum atomic E-state index is 0.589. The summed E-state index contributed by atoms with van der Waals surface area (Å²) in [6, 6.07) is 6.53. The molecule has 3 nitrogen and oxygen atoms in total. The van der Waals surface area contributed by atoms with Crippen LogP contribution in [0.4, 0.5) is 11.4 Å². The van der Waals surface area contributed by atoms with Crippen LogP contribution in [-0.4, -0.2) is 19.2 Å². The number of hydrogen-bond acceptors (Lipinski definition) is 3. The Hall–Kier alpha value is -1.38. The van der Waals surface area contributed by atoms with E-state index in [0.29, 0.717) is 6.04 Å². The SMILES string of the molecule is Nc1ccc2c(c1)OC[C@H]1CCCN21. The van der Waals surface area contributed by atoms with Gasteiger partial charge in [-0.3, -0.25) is 0 Å². The first kappa shape index (κ1) is 7.97. The zero-order valence-electron chi connectivity index (χ0n) is 8.07. The fourth-order valence-electron chi connectivity index (χ4n) is 2.40. The van der Waals surface area contributed by atoms with E-state index in [2.05, 4.69) is 11.0 Å². The molecule has 14 heavy (non-hydrogen) atoms. The fraction of sp³-hybridized carbons (Fsp3) is 0.455. The average molecular weight is 190 g/mol. The standard InChI is InChI=1S/C11H14N2O/c12-8-3-4-10-11(6-8)14-7-9-2-1-5-13(9)10/h3-4,6,9H,1-2,5,7,12H2/t9-/m1/s1. The highest BCUT2D eigenvalue weighted by molar-refractivity contribution is 5.66. The van der Waals surface area contributed by atoms with Crippen LogP contribution in [0.25, 0.3) is 0 Å². The first-order valence-corrected chi connectivity index (χ1v) is 5.13. The van der Waals surface area contributed by atoms with Crippen LogP contribution in [-0.2, 0) is 0 Å².